The van der Waals surface area contributed by atoms with Crippen LogP contribution < -0.4 is 21.1 Å². The molecule has 0 saturated carbocycles. The Bertz CT molecular complexity index is 1710. The zero-order chi connectivity index (χ0) is 29.5. The Morgan fingerprint density at radius 3 is 2.39 bits per heavy atom. The van der Waals surface area contributed by atoms with Crippen LogP contribution in [0.3, 0.4) is 0 Å². The second kappa shape index (κ2) is 12.2. The molecule has 0 atom stereocenters. The largest absolute Gasteiger partial charge is 0.483 e. The third-order valence-electron chi connectivity index (χ3n) is 5.73. The van der Waals surface area contributed by atoms with Crippen molar-refractivity contribution in [2.24, 2.45) is 5.73 Å². The fourth-order valence-electron chi connectivity index (χ4n) is 3.94. The van der Waals surface area contributed by atoms with Crippen molar-refractivity contribution < 1.29 is 24.0 Å². The van der Waals surface area contributed by atoms with Crippen molar-refractivity contribution in [3.8, 4) is 34.2 Å². The minimum absolute atomic E-state index is 0.0116. The van der Waals surface area contributed by atoms with Gasteiger partial charge in [-0.2, -0.15) is 5.26 Å². The number of nitrogens with zero attached hydrogens (tertiary/aromatic N) is 3. The molecule has 3 aromatic carbocycles. The van der Waals surface area contributed by atoms with E-state index in [2.05, 4.69) is 21.7 Å². The first-order valence-electron chi connectivity index (χ1n) is 12.1. The van der Waals surface area contributed by atoms with Crippen molar-refractivity contribution >= 4 is 34.9 Å². The van der Waals surface area contributed by atoms with E-state index in [1.165, 1.54) is 31.2 Å². The number of anilines is 2. The highest BCUT2D eigenvalue weighted by atomic mass is 16.6. The summed E-state index contributed by atoms with van der Waals surface area (Å²) in [5.41, 5.74) is 7.51. The van der Waals surface area contributed by atoms with Crippen molar-refractivity contribution in [2.45, 2.75) is 6.92 Å². The Kier molecular flexibility index (Phi) is 8.30. The summed E-state index contributed by atoms with van der Waals surface area (Å²) in [5, 5.41) is 26.3. The van der Waals surface area contributed by atoms with E-state index in [1.54, 1.807) is 54.6 Å². The summed E-state index contributed by atoms with van der Waals surface area (Å²) >= 11 is 0. The average molecular weight is 551 g/mol. The number of nitrogens with two attached hydrogens (primary N) is 1. The topological polar surface area (TPSA) is 190 Å². The smallest absolute Gasteiger partial charge is 0.269 e. The van der Waals surface area contributed by atoms with E-state index in [9.17, 15) is 29.8 Å². The molecule has 0 saturated heterocycles. The Labute approximate surface area is 233 Å². The molecular formula is C29H22N6O6. The molecule has 0 radical (unpaired) electrons. The molecule has 0 aliphatic carbocycles. The number of nitrogens with one attached hydrogen (secondary N) is 2. The van der Waals surface area contributed by atoms with Gasteiger partial charge in [0.05, 0.1) is 10.6 Å². The molecule has 0 unspecified atom stereocenters. The fraction of sp³-hybridized carbons (Fsp3) is 0.0690. The first kappa shape index (κ1) is 27.9. The van der Waals surface area contributed by atoms with Crippen LogP contribution in [0.4, 0.5) is 17.2 Å². The molecule has 0 aliphatic rings. The molecule has 1 aromatic heterocycles. The van der Waals surface area contributed by atoms with Gasteiger partial charge < -0.3 is 21.1 Å². The average Bonchev–Trinajstić information content (AvgIpc) is 2.95. The lowest BCUT2D eigenvalue weighted by molar-refractivity contribution is -0.384. The molecule has 41 heavy (non-hydrogen) atoms. The highest BCUT2D eigenvalue weighted by molar-refractivity contribution is 6.04. The molecule has 4 aromatic rings. The van der Waals surface area contributed by atoms with Crippen LogP contribution in [0.15, 0.2) is 78.9 Å². The normalized spacial score (nSPS) is 10.2. The van der Waals surface area contributed by atoms with E-state index in [0.29, 0.717) is 33.8 Å². The van der Waals surface area contributed by atoms with Crippen LogP contribution in [0.25, 0.3) is 22.4 Å². The number of hydrogen-bond donors (Lipinski definition) is 3. The van der Waals surface area contributed by atoms with Crippen molar-refractivity contribution in [3.05, 3.63) is 100 Å². The SMILES string of the molecule is CC(=O)Nc1nc(-c2ccccc2OCC(N)=O)cc(-c2cccc(NC(=O)c3ccc([N+](=O)[O-])cc3)c2)c1C#N. The molecule has 204 valence electrons. The number of primary amides is 1. The molecule has 12 heteroatoms. The Morgan fingerprint density at radius 2 is 1.73 bits per heavy atom. The van der Waals surface area contributed by atoms with Crippen LogP contribution in [0, 0.1) is 21.4 Å². The number of aromatic nitrogens is 1. The van der Waals surface area contributed by atoms with Gasteiger partial charge in [-0.15, -0.1) is 0 Å². The van der Waals surface area contributed by atoms with Crippen molar-refractivity contribution in [1.29, 1.82) is 5.26 Å². The number of non-ortho nitro benzene ring substituents is 1. The van der Waals surface area contributed by atoms with Gasteiger partial charge in [0.15, 0.2) is 12.4 Å². The summed E-state index contributed by atoms with van der Waals surface area (Å²) in [5.74, 6) is -1.28. The van der Waals surface area contributed by atoms with Gasteiger partial charge in [0.2, 0.25) is 5.91 Å². The maximum Gasteiger partial charge on any atom is 0.269 e. The first-order valence-corrected chi connectivity index (χ1v) is 12.1. The van der Waals surface area contributed by atoms with Crippen molar-refractivity contribution in [2.75, 3.05) is 17.2 Å². The molecule has 0 fully saturated rings. The standard InChI is InChI=1S/C29H22N6O6/c1-17(36)32-28-24(15-30)23(14-25(34-28)22-7-2-3-8-26(22)41-16-27(31)37)19-5-4-6-20(13-19)33-29(38)18-9-11-21(12-10-18)35(39)40/h2-14H,16H2,1H3,(H2,31,37)(H,33,38)(H,32,34,36). The molecule has 4 N–H and O–H groups in total. The highest BCUT2D eigenvalue weighted by Gasteiger charge is 2.19. The van der Waals surface area contributed by atoms with Crippen LogP contribution in [-0.2, 0) is 9.59 Å². The number of benzene rings is 3. The number of carbonyl (C=O) groups is 3. The van der Waals surface area contributed by atoms with Gasteiger partial charge in [0, 0.05) is 41.4 Å². The molecule has 1 heterocycles. The number of nitro groups is 1. The summed E-state index contributed by atoms with van der Waals surface area (Å²) in [6, 6.07) is 22.3. The Balaban J connectivity index is 1.77. The molecule has 0 bridgehead atoms. The van der Waals surface area contributed by atoms with E-state index in [-0.39, 0.29) is 29.2 Å². The summed E-state index contributed by atoms with van der Waals surface area (Å²) < 4.78 is 5.55. The Hall–Kier alpha value is -6.09. The zero-order valence-electron chi connectivity index (χ0n) is 21.6. The van der Waals surface area contributed by atoms with Gasteiger partial charge in [0.1, 0.15) is 17.4 Å². The van der Waals surface area contributed by atoms with E-state index in [0.717, 1.165) is 0 Å². The van der Waals surface area contributed by atoms with Gasteiger partial charge in [0.25, 0.3) is 17.5 Å². The second-order valence-corrected chi connectivity index (χ2v) is 8.66. The number of carbonyl (C=O) groups excluding carboxylic acids is 3. The van der Waals surface area contributed by atoms with Crippen LogP contribution in [-0.4, -0.2) is 34.2 Å². The summed E-state index contributed by atoms with van der Waals surface area (Å²) in [7, 11) is 0. The van der Waals surface area contributed by atoms with Crippen LogP contribution >= 0.6 is 0 Å². The monoisotopic (exact) mass is 550 g/mol. The van der Waals surface area contributed by atoms with Crippen LogP contribution in [0.5, 0.6) is 5.75 Å². The van der Waals surface area contributed by atoms with E-state index in [1.807, 2.05) is 0 Å². The van der Waals surface area contributed by atoms with E-state index < -0.39 is 22.6 Å². The highest BCUT2D eigenvalue weighted by Crippen LogP contribution is 2.36. The number of amides is 3. The van der Waals surface area contributed by atoms with Gasteiger partial charge in [-0.1, -0.05) is 24.3 Å². The predicted octanol–water partition coefficient (Wildman–Crippen LogP) is 4.27. The number of nitro benzene ring substituents is 1. The number of para-hydroxylation sites is 1. The van der Waals surface area contributed by atoms with Crippen LogP contribution in [0.1, 0.15) is 22.8 Å². The number of nitriles is 1. The maximum absolute atomic E-state index is 12.8. The summed E-state index contributed by atoms with van der Waals surface area (Å²) in [4.78, 5) is 50.9. The van der Waals surface area contributed by atoms with Crippen molar-refractivity contribution in [1.82, 2.24) is 4.98 Å². The van der Waals surface area contributed by atoms with Gasteiger partial charge in [-0.25, -0.2) is 4.98 Å². The lowest BCUT2D eigenvalue weighted by Crippen LogP contribution is -2.20. The maximum atomic E-state index is 12.8. The quantitative estimate of drug-likeness (QED) is 0.203. The van der Waals surface area contributed by atoms with E-state index in [4.69, 9.17) is 10.5 Å². The minimum Gasteiger partial charge on any atom is -0.483 e. The number of hydrogen-bond acceptors (Lipinski definition) is 8. The third kappa shape index (κ3) is 6.68. The molecular weight excluding hydrogens is 528 g/mol. The lowest BCUT2D eigenvalue weighted by atomic mass is 9.97. The third-order valence-corrected chi connectivity index (χ3v) is 5.73. The fourth-order valence-corrected chi connectivity index (χ4v) is 3.94. The van der Waals surface area contributed by atoms with Gasteiger partial charge in [-0.3, -0.25) is 24.5 Å². The van der Waals surface area contributed by atoms with Crippen molar-refractivity contribution in [3.63, 3.8) is 0 Å². The molecule has 4 rings (SSSR count). The van der Waals surface area contributed by atoms with Crippen LogP contribution in [0.2, 0.25) is 0 Å². The molecule has 12 nitrogen and oxygen atoms in total. The summed E-state index contributed by atoms with van der Waals surface area (Å²) in [6.07, 6.45) is 0. The number of pyridine rings is 1. The molecule has 3 amide bonds. The minimum atomic E-state index is -0.667. The summed E-state index contributed by atoms with van der Waals surface area (Å²) in [6.45, 7) is 0.919. The number of rotatable bonds is 9. The van der Waals surface area contributed by atoms with E-state index >= 15 is 0 Å². The zero-order valence-corrected chi connectivity index (χ0v) is 21.6. The van der Waals surface area contributed by atoms with Gasteiger partial charge in [-0.05, 0) is 48.0 Å². The molecule has 0 spiro atoms. The lowest BCUT2D eigenvalue weighted by Gasteiger charge is -2.15. The molecule has 0 aliphatic heterocycles. The van der Waals surface area contributed by atoms with Gasteiger partial charge >= 0.3 is 0 Å². The Morgan fingerprint density at radius 1 is 1.00 bits per heavy atom. The number of ether oxygens (including phenoxy) is 1. The first-order chi connectivity index (χ1) is 19.7. The predicted molar refractivity (Wildman–Crippen MR) is 150 cm³/mol. The second-order valence-electron chi connectivity index (χ2n) is 8.66.